The molecule has 0 aliphatic carbocycles. The summed E-state index contributed by atoms with van der Waals surface area (Å²) in [5.41, 5.74) is 8.22. The summed E-state index contributed by atoms with van der Waals surface area (Å²) in [7, 11) is 3.08. The van der Waals surface area contributed by atoms with Gasteiger partial charge in [0.15, 0.2) is 17.3 Å². The number of methoxy groups -OCH3 is 2. The second kappa shape index (κ2) is 14.8. The molecule has 0 spiro atoms. The van der Waals surface area contributed by atoms with E-state index in [1.54, 1.807) is 7.11 Å². The Morgan fingerprint density at radius 3 is 2.49 bits per heavy atom. The lowest BCUT2D eigenvalue weighted by molar-refractivity contribution is -0.140. The Morgan fingerprint density at radius 1 is 1.07 bits per heavy atom. The van der Waals surface area contributed by atoms with Gasteiger partial charge in [-0.05, 0) is 50.8 Å². The maximum atomic E-state index is 12.3. The van der Waals surface area contributed by atoms with Crippen molar-refractivity contribution in [2.75, 3.05) is 75.7 Å². The van der Waals surface area contributed by atoms with E-state index in [2.05, 4.69) is 25.4 Å². The molecule has 4 N–H and O–H groups in total. The van der Waals surface area contributed by atoms with E-state index in [0.29, 0.717) is 49.1 Å². The largest absolute Gasteiger partial charge is 0.495 e. The Labute approximate surface area is 241 Å². The van der Waals surface area contributed by atoms with Crippen LogP contribution in [0.3, 0.4) is 0 Å². The summed E-state index contributed by atoms with van der Waals surface area (Å²) < 4.78 is 16.0. The van der Waals surface area contributed by atoms with Crippen LogP contribution in [0, 0.1) is 0 Å². The molecule has 2 aromatic rings. The predicted molar refractivity (Wildman–Crippen MR) is 158 cm³/mol. The third-order valence-electron chi connectivity index (χ3n) is 7.59. The number of aromatic nitrogens is 2. The maximum absolute atomic E-state index is 12.3. The summed E-state index contributed by atoms with van der Waals surface area (Å²) in [5, 5.41) is 6.75. The summed E-state index contributed by atoms with van der Waals surface area (Å²) in [6, 6.07) is 6.10. The van der Waals surface area contributed by atoms with Crippen molar-refractivity contribution < 1.29 is 23.8 Å². The number of nitrogens with one attached hydrogen (secondary N) is 2. The van der Waals surface area contributed by atoms with Gasteiger partial charge in [0.25, 0.3) is 5.91 Å². The number of rotatable bonds is 13. The van der Waals surface area contributed by atoms with E-state index in [4.69, 9.17) is 24.9 Å². The van der Waals surface area contributed by atoms with Crippen molar-refractivity contribution in [2.24, 2.45) is 5.73 Å². The molecule has 41 heavy (non-hydrogen) atoms. The predicted octanol–water partition coefficient (Wildman–Crippen LogP) is 2.95. The molecule has 0 radical (unpaired) electrons. The lowest BCUT2D eigenvalue weighted by Crippen LogP contribution is -2.46. The molecule has 1 aromatic carbocycles. The summed E-state index contributed by atoms with van der Waals surface area (Å²) in [6.07, 6.45) is 4.66. The zero-order chi connectivity index (χ0) is 29.2. The zero-order valence-electron chi connectivity index (χ0n) is 24.4. The summed E-state index contributed by atoms with van der Waals surface area (Å²) in [6.45, 7) is 7.97. The number of piperazine rings is 1. The van der Waals surface area contributed by atoms with Crippen molar-refractivity contribution in [3.05, 3.63) is 29.6 Å². The fourth-order valence-corrected chi connectivity index (χ4v) is 5.20. The van der Waals surface area contributed by atoms with Gasteiger partial charge in [0.2, 0.25) is 0 Å². The average molecular weight is 570 g/mol. The number of benzene rings is 1. The first-order valence-corrected chi connectivity index (χ1v) is 14.5. The summed E-state index contributed by atoms with van der Waals surface area (Å²) in [5.74, 6) is 0.890. The minimum atomic E-state index is -0.640. The lowest BCUT2D eigenvalue weighted by atomic mass is 10.1. The molecule has 224 valence electrons. The first-order chi connectivity index (χ1) is 19.9. The van der Waals surface area contributed by atoms with Gasteiger partial charge < -0.3 is 35.5 Å². The van der Waals surface area contributed by atoms with Crippen molar-refractivity contribution >= 4 is 34.9 Å². The second-order valence-corrected chi connectivity index (χ2v) is 10.3. The van der Waals surface area contributed by atoms with Crippen LogP contribution in [-0.2, 0) is 20.7 Å². The number of aryl methyl sites for hydroxylation is 1. The maximum Gasteiger partial charge on any atom is 0.305 e. The number of unbranched alkanes of at least 4 members (excludes halogenated alkanes) is 1. The molecule has 2 saturated heterocycles. The summed E-state index contributed by atoms with van der Waals surface area (Å²) >= 11 is 0. The van der Waals surface area contributed by atoms with Crippen LogP contribution in [0.5, 0.6) is 5.75 Å². The third-order valence-corrected chi connectivity index (χ3v) is 7.59. The van der Waals surface area contributed by atoms with Gasteiger partial charge in [0.1, 0.15) is 5.75 Å². The van der Waals surface area contributed by atoms with Crippen LogP contribution in [0.2, 0.25) is 0 Å². The van der Waals surface area contributed by atoms with Gasteiger partial charge in [-0.1, -0.05) is 6.92 Å². The number of hydrogen-bond acceptors (Lipinski definition) is 11. The minimum absolute atomic E-state index is 0.102. The first kappa shape index (κ1) is 30.3. The molecule has 0 bridgehead atoms. The number of primary amides is 1. The molecule has 2 aliphatic rings. The van der Waals surface area contributed by atoms with Gasteiger partial charge >= 0.3 is 5.97 Å². The minimum Gasteiger partial charge on any atom is -0.495 e. The number of nitrogens with two attached hydrogens (primary N) is 1. The van der Waals surface area contributed by atoms with Crippen LogP contribution in [-0.4, -0.2) is 92.9 Å². The molecular formula is C29H43N7O5. The number of amides is 1. The molecule has 2 fully saturated rings. The number of nitrogens with zero attached hydrogens (tertiary/aromatic N) is 4. The molecule has 0 atom stereocenters. The van der Waals surface area contributed by atoms with Crippen molar-refractivity contribution in [2.45, 2.75) is 51.5 Å². The van der Waals surface area contributed by atoms with E-state index >= 15 is 0 Å². The molecule has 1 aromatic heterocycles. The molecule has 12 heteroatoms. The number of carbonyl (C=O) groups excluding carboxylic acids is 2. The normalized spacial score (nSPS) is 16.3. The van der Waals surface area contributed by atoms with Crippen LogP contribution < -0.4 is 26.0 Å². The Morgan fingerprint density at radius 2 is 1.83 bits per heavy atom. The number of esters is 1. The number of carbonyl (C=O) groups is 2. The van der Waals surface area contributed by atoms with E-state index in [1.807, 2.05) is 25.1 Å². The number of ether oxygens (including phenoxy) is 3. The van der Waals surface area contributed by atoms with Gasteiger partial charge in [-0.15, -0.1) is 0 Å². The topological polar surface area (TPSA) is 144 Å². The van der Waals surface area contributed by atoms with Crippen LogP contribution >= 0.6 is 0 Å². The van der Waals surface area contributed by atoms with Crippen molar-refractivity contribution in [3.63, 3.8) is 0 Å². The van der Waals surface area contributed by atoms with E-state index < -0.39 is 5.91 Å². The Balaban J connectivity index is 1.43. The fraction of sp³-hybridized carbons (Fsp3) is 0.586. The third kappa shape index (κ3) is 8.20. The highest BCUT2D eigenvalue weighted by Gasteiger charge is 2.23. The van der Waals surface area contributed by atoms with Crippen LogP contribution in [0.1, 0.15) is 55.2 Å². The van der Waals surface area contributed by atoms with Crippen LogP contribution in [0.4, 0.5) is 23.0 Å². The quantitative estimate of drug-likeness (QED) is 0.242. The summed E-state index contributed by atoms with van der Waals surface area (Å²) in [4.78, 5) is 37.7. The van der Waals surface area contributed by atoms with Crippen molar-refractivity contribution in [1.29, 1.82) is 0 Å². The lowest BCUT2D eigenvalue weighted by Gasteiger charge is -2.36. The molecule has 0 saturated carbocycles. The Kier molecular flexibility index (Phi) is 11.0. The molecule has 1 amide bonds. The van der Waals surface area contributed by atoms with Crippen LogP contribution in [0.25, 0.3) is 0 Å². The fourth-order valence-electron chi connectivity index (χ4n) is 5.20. The van der Waals surface area contributed by atoms with Gasteiger partial charge in [-0.25, -0.2) is 9.97 Å². The number of hydrogen-bond donors (Lipinski definition) is 3. The molecule has 12 nitrogen and oxygen atoms in total. The van der Waals surface area contributed by atoms with Gasteiger partial charge in [0, 0.05) is 63.6 Å². The standard InChI is InChI=1S/C29H43N7O5/c1-4-22-28(31-20-10-17-41-18-11-20)34-29(26(33-22)27(30)38)32-21-8-9-23(24(19-21)39-2)36-15-13-35(14-16-36)12-6-5-7-25(37)40-3/h8-9,19-20H,4-7,10-18H2,1-3H3,(H2,30,38)(H2,31,32,34). The van der Waals surface area contributed by atoms with E-state index in [9.17, 15) is 9.59 Å². The molecule has 2 aliphatic heterocycles. The van der Waals surface area contributed by atoms with Gasteiger partial charge in [-0.2, -0.15) is 0 Å². The second-order valence-electron chi connectivity index (χ2n) is 10.3. The van der Waals surface area contributed by atoms with Gasteiger partial charge in [0.05, 0.1) is 25.6 Å². The van der Waals surface area contributed by atoms with E-state index in [-0.39, 0.29) is 17.7 Å². The van der Waals surface area contributed by atoms with E-state index in [1.165, 1.54) is 7.11 Å². The Hall–Kier alpha value is -3.64. The molecular weight excluding hydrogens is 526 g/mol. The highest BCUT2D eigenvalue weighted by Crippen LogP contribution is 2.34. The van der Waals surface area contributed by atoms with E-state index in [0.717, 1.165) is 69.8 Å². The zero-order valence-corrected chi connectivity index (χ0v) is 24.4. The molecule has 3 heterocycles. The molecule has 4 rings (SSSR count). The van der Waals surface area contributed by atoms with Crippen LogP contribution in [0.15, 0.2) is 18.2 Å². The van der Waals surface area contributed by atoms with Crippen molar-refractivity contribution in [1.82, 2.24) is 14.9 Å². The highest BCUT2D eigenvalue weighted by atomic mass is 16.5. The molecule has 0 unspecified atom stereocenters. The highest BCUT2D eigenvalue weighted by molar-refractivity contribution is 5.96. The van der Waals surface area contributed by atoms with Crippen molar-refractivity contribution in [3.8, 4) is 5.75 Å². The smallest absolute Gasteiger partial charge is 0.305 e. The SMILES string of the molecule is CCc1nc(C(N)=O)c(Nc2ccc(N3CCN(CCCCC(=O)OC)CC3)c(OC)c2)nc1NC1CCOCC1. The first-order valence-electron chi connectivity index (χ1n) is 14.5. The van der Waals surface area contributed by atoms with Gasteiger partial charge in [-0.3, -0.25) is 14.5 Å². The monoisotopic (exact) mass is 569 g/mol. The average Bonchev–Trinajstić information content (AvgIpc) is 3.00. The Bertz CT molecular complexity index is 1180. The number of anilines is 4.